The third-order valence-corrected chi connectivity index (χ3v) is 6.47. The molecule has 3 rings (SSSR count). The number of rotatable bonds is 5. The average Bonchev–Trinajstić information content (AvgIpc) is 2.95. The number of aromatic nitrogens is 1. The molecule has 0 saturated carbocycles. The lowest BCUT2D eigenvalue weighted by atomic mass is 10.1. The molecule has 1 saturated heterocycles. The maximum absolute atomic E-state index is 12.6. The van der Waals surface area contributed by atoms with Crippen molar-refractivity contribution in [3.8, 4) is 0 Å². The maximum Gasteiger partial charge on any atom is 0.246 e. The SMILES string of the molecule is Cc1noc(C)c1S(=O)(=O)N[C@@H](C)c1ccc(N2CCCCC2)cc1. The van der Waals surface area contributed by atoms with Crippen LogP contribution in [-0.2, 0) is 10.0 Å². The minimum absolute atomic E-state index is 0.129. The number of nitrogens with zero attached hydrogens (tertiary/aromatic N) is 2. The van der Waals surface area contributed by atoms with E-state index in [-0.39, 0.29) is 10.9 Å². The van der Waals surface area contributed by atoms with E-state index in [2.05, 4.69) is 26.9 Å². The van der Waals surface area contributed by atoms with Crippen LogP contribution in [0.25, 0.3) is 0 Å². The van der Waals surface area contributed by atoms with Gasteiger partial charge in [0.15, 0.2) is 5.76 Å². The molecule has 1 N–H and O–H groups in total. The van der Waals surface area contributed by atoms with E-state index in [1.807, 2.05) is 19.1 Å². The Kier molecular flexibility index (Phi) is 5.15. The molecule has 2 heterocycles. The smallest absolute Gasteiger partial charge is 0.246 e. The molecule has 1 fully saturated rings. The molecule has 1 aliphatic rings. The van der Waals surface area contributed by atoms with Crippen molar-refractivity contribution in [2.45, 2.75) is 51.0 Å². The lowest BCUT2D eigenvalue weighted by Gasteiger charge is -2.29. The normalized spacial score (nSPS) is 16.8. The predicted octanol–water partition coefficient (Wildman–Crippen LogP) is 3.32. The highest BCUT2D eigenvalue weighted by Gasteiger charge is 2.26. The molecule has 25 heavy (non-hydrogen) atoms. The Labute approximate surface area is 149 Å². The van der Waals surface area contributed by atoms with Crippen molar-refractivity contribution >= 4 is 15.7 Å². The van der Waals surface area contributed by atoms with Crippen molar-refractivity contribution in [1.29, 1.82) is 0 Å². The molecule has 0 spiro atoms. The monoisotopic (exact) mass is 363 g/mol. The number of piperidine rings is 1. The Morgan fingerprint density at radius 3 is 2.32 bits per heavy atom. The second-order valence-corrected chi connectivity index (χ2v) is 8.29. The van der Waals surface area contributed by atoms with Gasteiger partial charge in [-0.2, -0.15) is 0 Å². The Balaban J connectivity index is 1.73. The summed E-state index contributed by atoms with van der Waals surface area (Å²) >= 11 is 0. The fourth-order valence-corrected chi connectivity index (χ4v) is 4.91. The van der Waals surface area contributed by atoms with E-state index >= 15 is 0 Å². The molecule has 1 aliphatic heterocycles. The average molecular weight is 363 g/mol. The lowest BCUT2D eigenvalue weighted by Crippen LogP contribution is -2.29. The van der Waals surface area contributed by atoms with Crippen LogP contribution in [0, 0.1) is 13.8 Å². The number of anilines is 1. The summed E-state index contributed by atoms with van der Waals surface area (Å²) in [5, 5.41) is 3.73. The topological polar surface area (TPSA) is 75.4 Å². The highest BCUT2D eigenvalue weighted by molar-refractivity contribution is 7.89. The molecule has 1 aromatic heterocycles. The summed E-state index contributed by atoms with van der Waals surface area (Å²) in [6, 6.07) is 7.78. The van der Waals surface area contributed by atoms with Crippen molar-refractivity contribution in [3.63, 3.8) is 0 Å². The summed E-state index contributed by atoms with van der Waals surface area (Å²) < 4.78 is 32.9. The third kappa shape index (κ3) is 3.88. The molecule has 2 aromatic rings. The van der Waals surface area contributed by atoms with Crippen molar-refractivity contribution in [2.75, 3.05) is 18.0 Å². The Morgan fingerprint density at radius 2 is 1.76 bits per heavy atom. The molecule has 136 valence electrons. The van der Waals surface area contributed by atoms with Crippen LogP contribution < -0.4 is 9.62 Å². The summed E-state index contributed by atoms with van der Waals surface area (Å²) in [6.45, 7) is 7.25. The van der Waals surface area contributed by atoms with Crippen molar-refractivity contribution in [2.24, 2.45) is 0 Å². The van der Waals surface area contributed by atoms with Crippen molar-refractivity contribution < 1.29 is 12.9 Å². The Hall–Kier alpha value is -1.86. The summed E-state index contributed by atoms with van der Waals surface area (Å²) in [5.41, 5.74) is 2.50. The zero-order chi connectivity index (χ0) is 18.0. The first kappa shape index (κ1) is 17.9. The zero-order valence-electron chi connectivity index (χ0n) is 14.9. The molecule has 0 unspecified atom stereocenters. The van der Waals surface area contributed by atoms with E-state index in [1.54, 1.807) is 13.8 Å². The number of aryl methyl sites for hydroxylation is 2. The highest BCUT2D eigenvalue weighted by atomic mass is 32.2. The van der Waals surface area contributed by atoms with Crippen molar-refractivity contribution in [3.05, 3.63) is 41.3 Å². The molecule has 6 nitrogen and oxygen atoms in total. The summed E-state index contributed by atoms with van der Waals surface area (Å²) in [5.74, 6) is 0.303. The minimum Gasteiger partial charge on any atom is -0.372 e. The first-order chi connectivity index (χ1) is 11.9. The number of hydrogen-bond donors (Lipinski definition) is 1. The first-order valence-corrected chi connectivity index (χ1v) is 10.2. The van der Waals surface area contributed by atoms with E-state index < -0.39 is 10.0 Å². The summed E-state index contributed by atoms with van der Waals surface area (Å²) in [4.78, 5) is 2.51. The number of nitrogens with one attached hydrogen (secondary N) is 1. The summed E-state index contributed by atoms with van der Waals surface area (Å²) in [7, 11) is -3.67. The maximum atomic E-state index is 12.6. The van der Waals surface area contributed by atoms with Crippen LogP contribution in [0.1, 0.15) is 49.2 Å². The van der Waals surface area contributed by atoms with E-state index in [1.165, 1.54) is 24.9 Å². The molecular formula is C18H25N3O3S. The van der Waals surface area contributed by atoms with Gasteiger partial charge in [-0.15, -0.1) is 0 Å². The third-order valence-electron chi connectivity index (χ3n) is 4.68. The van der Waals surface area contributed by atoms with Gasteiger partial charge in [0, 0.05) is 24.8 Å². The number of benzene rings is 1. The molecule has 1 aromatic carbocycles. The van der Waals surface area contributed by atoms with Crippen molar-refractivity contribution in [1.82, 2.24) is 9.88 Å². The fourth-order valence-electron chi connectivity index (χ4n) is 3.34. The molecule has 0 amide bonds. The van der Waals surface area contributed by atoms with Crippen LogP contribution in [0.15, 0.2) is 33.7 Å². The van der Waals surface area contributed by atoms with Gasteiger partial charge < -0.3 is 9.42 Å². The van der Waals surface area contributed by atoms with Gasteiger partial charge in [-0.25, -0.2) is 13.1 Å². The predicted molar refractivity (Wildman–Crippen MR) is 97.2 cm³/mol. The fraction of sp³-hybridized carbons (Fsp3) is 0.500. The number of sulfonamides is 1. The Bertz CT molecular complexity index is 802. The van der Waals surface area contributed by atoms with E-state index in [9.17, 15) is 8.42 Å². The van der Waals surface area contributed by atoms with Gasteiger partial charge in [0.05, 0.1) is 0 Å². The molecular weight excluding hydrogens is 338 g/mol. The van der Waals surface area contributed by atoms with Gasteiger partial charge in [0.1, 0.15) is 10.6 Å². The van der Waals surface area contributed by atoms with Gasteiger partial charge in [-0.05, 0) is 57.7 Å². The molecule has 7 heteroatoms. The van der Waals surface area contributed by atoms with Crippen LogP contribution in [0.3, 0.4) is 0 Å². The first-order valence-electron chi connectivity index (χ1n) is 8.68. The van der Waals surface area contributed by atoms with Gasteiger partial charge in [0.25, 0.3) is 0 Å². The van der Waals surface area contributed by atoms with Crippen LogP contribution >= 0.6 is 0 Å². The largest absolute Gasteiger partial charge is 0.372 e. The van der Waals surface area contributed by atoms with E-state index in [0.717, 1.165) is 18.7 Å². The second kappa shape index (κ2) is 7.17. The molecule has 0 radical (unpaired) electrons. The summed E-state index contributed by atoms with van der Waals surface area (Å²) in [6.07, 6.45) is 3.76. The van der Waals surface area contributed by atoms with Gasteiger partial charge >= 0.3 is 0 Å². The van der Waals surface area contributed by atoms with Gasteiger partial charge in [0.2, 0.25) is 10.0 Å². The van der Waals surface area contributed by atoms with E-state index in [0.29, 0.717) is 11.5 Å². The van der Waals surface area contributed by atoms with Gasteiger partial charge in [-0.3, -0.25) is 0 Å². The minimum atomic E-state index is -3.67. The van der Waals surface area contributed by atoms with Crippen LogP contribution in [0.5, 0.6) is 0 Å². The van der Waals surface area contributed by atoms with Crippen LogP contribution in [-0.4, -0.2) is 26.7 Å². The molecule has 0 aliphatic carbocycles. The standard InChI is InChI=1S/C18H25N3O3S/c1-13(20-25(22,23)18-14(2)19-24-15(18)3)16-7-9-17(10-8-16)21-11-5-4-6-12-21/h7-10,13,20H,4-6,11-12H2,1-3H3/t13-/m0/s1. The molecule has 0 bridgehead atoms. The molecule has 1 atom stereocenters. The second-order valence-electron chi connectivity index (χ2n) is 6.64. The highest BCUT2D eigenvalue weighted by Crippen LogP contribution is 2.25. The van der Waals surface area contributed by atoms with Crippen LogP contribution in [0.4, 0.5) is 5.69 Å². The number of hydrogen-bond acceptors (Lipinski definition) is 5. The lowest BCUT2D eigenvalue weighted by molar-refractivity contribution is 0.390. The van der Waals surface area contributed by atoms with Crippen LogP contribution in [0.2, 0.25) is 0 Å². The Morgan fingerprint density at radius 1 is 1.12 bits per heavy atom. The quantitative estimate of drug-likeness (QED) is 0.882. The van der Waals surface area contributed by atoms with Gasteiger partial charge in [-0.1, -0.05) is 17.3 Å². The zero-order valence-corrected chi connectivity index (χ0v) is 15.8. The van der Waals surface area contributed by atoms with E-state index in [4.69, 9.17) is 4.52 Å².